The first kappa shape index (κ1) is 30.3. The standard InChI is InChI=1S/C38H29F2N3O3/c39-38(40)21-23-43(35-16-7-6-15-33(35)34(38)25-30(44)24-29-12-8-9-22-41-29)37(46)27-17-19-28(20-18-27)42-36(45)32-14-5-4-13-31(32)26-10-2-1-3-11-26/h1-20,22,25H,21,23-24H2,(H,42,45). The predicted octanol–water partition coefficient (Wildman–Crippen LogP) is 7.88. The van der Waals surface area contributed by atoms with Gasteiger partial charge >= 0.3 is 0 Å². The lowest BCUT2D eigenvalue weighted by Gasteiger charge is -2.23. The van der Waals surface area contributed by atoms with E-state index in [0.717, 1.165) is 17.2 Å². The lowest BCUT2D eigenvalue weighted by Crippen LogP contribution is -2.33. The smallest absolute Gasteiger partial charge is 0.275 e. The summed E-state index contributed by atoms with van der Waals surface area (Å²) >= 11 is 0. The molecule has 0 saturated heterocycles. The molecule has 46 heavy (non-hydrogen) atoms. The van der Waals surface area contributed by atoms with Crippen molar-refractivity contribution in [3.8, 4) is 11.1 Å². The molecule has 5 aromatic rings. The first-order valence-corrected chi connectivity index (χ1v) is 14.8. The molecule has 4 aromatic carbocycles. The maximum absolute atomic E-state index is 15.6. The molecule has 0 saturated carbocycles. The van der Waals surface area contributed by atoms with E-state index >= 15 is 8.78 Å². The van der Waals surface area contributed by atoms with Gasteiger partial charge in [-0.1, -0.05) is 72.8 Å². The van der Waals surface area contributed by atoms with E-state index in [2.05, 4.69) is 10.3 Å². The number of pyridine rings is 1. The number of rotatable bonds is 7. The van der Waals surface area contributed by atoms with Crippen molar-refractivity contribution in [2.75, 3.05) is 16.8 Å². The highest BCUT2D eigenvalue weighted by Gasteiger charge is 2.41. The number of allylic oxidation sites excluding steroid dienone is 2. The largest absolute Gasteiger partial charge is 0.322 e. The monoisotopic (exact) mass is 613 g/mol. The number of hydrogen-bond acceptors (Lipinski definition) is 4. The summed E-state index contributed by atoms with van der Waals surface area (Å²) in [4.78, 5) is 45.3. The van der Waals surface area contributed by atoms with Gasteiger partial charge in [-0.25, -0.2) is 8.78 Å². The molecule has 0 radical (unpaired) electrons. The van der Waals surface area contributed by atoms with Crippen molar-refractivity contribution in [3.63, 3.8) is 0 Å². The van der Waals surface area contributed by atoms with Crippen LogP contribution in [0.2, 0.25) is 0 Å². The fourth-order valence-corrected chi connectivity index (χ4v) is 5.53. The van der Waals surface area contributed by atoms with Crippen LogP contribution in [0.15, 0.2) is 134 Å². The Hall–Kier alpha value is -5.76. The molecule has 228 valence electrons. The van der Waals surface area contributed by atoms with E-state index < -0.39 is 29.6 Å². The van der Waals surface area contributed by atoms with E-state index in [1.807, 2.05) is 42.5 Å². The second-order valence-corrected chi connectivity index (χ2v) is 10.9. The maximum Gasteiger partial charge on any atom is 0.275 e. The Morgan fingerprint density at radius 1 is 0.783 bits per heavy atom. The number of fused-ring (bicyclic) bond motifs is 1. The van der Waals surface area contributed by atoms with Crippen LogP contribution in [-0.4, -0.2) is 35.0 Å². The Bertz CT molecular complexity index is 1920. The van der Waals surface area contributed by atoms with Gasteiger partial charge in [-0.15, -0.1) is 0 Å². The summed E-state index contributed by atoms with van der Waals surface area (Å²) in [5, 5.41) is 2.88. The normalized spacial score (nSPS) is 14.7. The van der Waals surface area contributed by atoms with Gasteiger partial charge in [0.15, 0.2) is 5.78 Å². The average molecular weight is 614 g/mol. The van der Waals surface area contributed by atoms with Gasteiger partial charge in [-0.2, -0.15) is 0 Å². The Labute approximate surface area is 265 Å². The molecule has 1 aliphatic rings. The fraction of sp³-hybridized carbons (Fsp3) is 0.105. The van der Waals surface area contributed by atoms with Crippen molar-refractivity contribution in [3.05, 3.63) is 156 Å². The van der Waals surface area contributed by atoms with Crippen LogP contribution >= 0.6 is 0 Å². The SMILES string of the molecule is O=C(C=C1c2ccccc2N(C(=O)c2ccc(NC(=O)c3ccccc3-c3ccccc3)cc2)CCC1(F)F)Cc1ccccn1. The molecule has 1 N–H and O–H groups in total. The molecule has 0 bridgehead atoms. The summed E-state index contributed by atoms with van der Waals surface area (Å²) in [7, 11) is 0. The van der Waals surface area contributed by atoms with Crippen LogP contribution in [0.25, 0.3) is 16.7 Å². The summed E-state index contributed by atoms with van der Waals surface area (Å²) in [5.74, 6) is -4.64. The maximum atomic E-state index is 15.6. The van der Waals surface area contributed by atoms with Crippen molar-refractivity contribution in [1.29, 1.82) is 0 Å². The Kier molecular flexibility index (Phi) is 8.61. The highest BCUT2D eigenvalue weighted by atomic mass is 19.3. The van der Waals surface area contributed by atoms with Gasteiger partial charge < -0.3 is 10.2 Å². The minimum absolute atomic E-state index is 0.119. The number of nitrogens with one attached hydrogen (secondary N) is 1. The number of nitrogens with zero attached hydrogens (tertiary/aromatic N) is 2. The molecule has 8 heteroatoms. The number of para-hydroxylation sites is 1. The van der Waals surface area contributed by atoms with Gasteiger partial charge in [0.1, 0.15) is 0 Å². The molecule has 2 heterocycles. The van der Waals surface area contributed by atoms with Crippen LogP contribution in [0.3, 0.4) is 0 Å². The zero-order chi connectivity index (χ0) is 32.1. The van der Waals surface area contributed by atoms with Crippen LogP contribution in [-0.2, 0) is 11.2 Å². The third-order valence-electron chi connectivity index (χ3n) is 7.81. The Morgan fingerprint density at radius 2 is 1.46 bits per heavy atom. The minimum Gasteiger partial charge on any atom is -0.322 e. The Balaban J connectivity index is 1.23. The highest BCUT2D eigenvalue weighted by Crippen LogP contribution is 2.43. The van der Waals surface area contributed by atoms with Gasteiger partial charge in [-0.3, -0.25) is 19.4 Å². The van der Waals surface area contributed by atoms with E-state index in [4.69, 9.17) is 0 Å². The van der Waals surface area contributed by atoms with Gasteiger partial charge in [0.25, 0.3) is 17.7 Å². The first-order valence-electron chi connectivity index (χ1n) is 14.8. The molecule has 6 nitrogen and oxygen atoms in total. The number of halogens is 2. The average Bonchev–Trinajstić information content (AvgIpc) is 3.19. The molecule has 1 aliphatic heterocycles. The summed E-state index contributed by atoms with van der Waals surface area (Å²) in [6, 6.07) is 34.7. The summed E-state index contributed by atoms with van der Waals surface area (Å²) in [6.45, 7) is -0.261. The number of amides is 2. The molecule has 0 aliphatic carbocycles. The zero-order valence-electron chi connectivity index (χ0n) is 24.7. The van der Waals surface area contributed by atoms with E-state index in [-0.39, 0.29) is 35.7 Å². The van der Waals surface area contributed by atoms with Crippen molar-refractivity contribution in [1.82, 2.24) is 4.98 Å². The van der Waals surface area contributed by atoms with Crippen LogP contribution in [0.1, 0.15) is 38.4 Å². The number of carbonyl (C=O) groups is 3. The topological polar surface area (TPSA) is 79.4 Å². The first-order chi connectivity index (χ1) is 22.3. The van der Waals surface area contributed by atoms with Gasteiger partial charge in [0.05, 0.1) is 12.1 Å². The van der Waals surface area contributed by atoms with Crippen LogP contribution < -0.4 is 10.2 Å². The summed E-state index contributed by atoms with van der Waals surface area (Å²) < 4.78 is 31.2. The predicted molar refractivity (Wildman–Crippen MR) is 175 cm³/mol. The van der Waals surface area contributed by atoms with E-state index in [1.165, 1.54) is 11.0 Å². The number of carbonyl (C=O) groups excluding carboxylic acids is 3. The second-order valence-electron chi connectivity index (χ2n) is 10.9. The second kappa shape index (κ2) is 13.1. The zero-order valence-corrected chi connectivity index (χ0v) is 24.7. The molecule has 0 unspecified atom stereocenters. The third-order valence-corrected chi connectivity index (χ3v) is 7.81. The third kappa shape index (κ3) is 6.51. The lowest BCUT2D eigenvalue weighted by atomic mass is 9.95. The molecule has 1 aromatic heterocycles. The quantitative estimate of drug-likeness (QED) is 0.190. The van der Waals surface area contributed by atoms with E-state index in [1.54, 1.807) is 79.0 Å². The highest BCUT2D eigenvalue weighted by molar-refractivity contribution is 6.11. The molecule has 2 amide bonds. The van der Waals surface area contributed by atoms with Gasteiger partial charge in [-0.05, 0) is 65.7 Å². The van der Waals surface area contributed by atoms with Crippen molar-refractivity contribution >= 4 is 34.5 Å². The molecular weight excluding hydrogens is 584 g/mol. The van der Waals surface area contributed by atoms with E-state index in [9.17, 15) is 14.4 Å². The number of ketones is 1. The van der Waals surface area contributed by atoms with Crippen molar-refractivity contribution < 1.29 is 23.2 Å². The lowest BCUT2D eigenvalue weighted by molar-refractivity contribution is -0.114. The Morgan fingerprint density at radius 3 is 2.20 bits per heavy atom. The number of aromatic nitrogens is 1. The number of benzene rings is 4. The van der Waals surface area contributed by atoms with Crippen molar-refractivity contribution in [2.24, 2.45) is 0 Å². The molecule has 0 atom stereocenters. The molecule has 0 fully saturated rings. The number of anilines is 2. The van der Waals surface area contributed by atoms with Crippen LogP contribution in [0.5, 0.6) is 0 Å². The van der Waals surface area contributed by atoms with Crippen LogP contribution in [0, 0.1) is 0 Å². The van der Waals surface area contributed by atoms with Crippen LogP contribution in [0.4, 0.5) is 20.2 Å². The summed E-state index contributed by atoms with van der Waals surface area (Å²) in [6.07, 6.45) is 1.74. The minimum atomic E-state index is -3.35. The number of alkyl halides is 2. The number of hydrogen-bond donors (Lipinski definition) is 1. The summed E-state index contributed by atoms with van der Waals surface area (Å²) in [5.41, 5.74) is 3.40. The molecule has 0 spiro atoms. The van der Waals surface area contributed by atoms with Gasteiger partial charge in [0, 0.05) is 52.8 Å². The molecule has 6 rings (SSSR count). The van der Waals surface area contributed by atoms with Crippen molar-refractivity contribution in [2.45, 2.75) is 18.8 Å². The fourth-order valence-electron chi connectivity index (χ4n) is 5.53. The van der Waals surface area contributed by atoms with E-state index in [0.29, 0.717) is 16.9 Å². The molecular formula is C38H29F2N3O3. The van der Waals surface area contributed by atoms with Gasteiger partial charge in [0.2, 0.25) is 0 Å².